The van der Waals surface area contributed by atoms with Gasteiger partial charge in [-0.05, 0) is 13.8 Å². The van der Waals surface area contributed by atoms with Crippen LogP contribution in [0.4, 0.5) is 0 Å². The Kier molecular flexibility index (Phi) is 1.92. The molecule has 0 saturated carbocycles. The van der Waals surface area contributed by atoms with Gasteiger partial charge in [-0.1, -0.05) is 0 Å². The normalized spacial score (nSPS) is 32.2. The molecular formula is C6H10O3S. The molecule has 1 aliphatic heterocycles. The quantitative estimate of drug-likeness (QED) is 0.518. The second kappa shape index (κ2) is 2.43. The van der Waals surface area contributed by atoms with Crippen molar-refractivity contribution in [3.05, 3.63) is 0 Å². The molecule has 0 aromatic rings. The van der Waals surface area contributed by atoms with Gasteiger partial charge in [-0.2, -0.15) is 0 Å². The van der Waals surface area contributed by atoms with E-state index in [4.69, 9.17) is 4.18 Å². The topological polar surface area (TPSA) is 43.4 Å². The van der Waals surface area contributed by atoms with Crippen LogP contribution < -0.4 is 0 Å². The lowest BCUT2D eigenvalue weighted by Gasteiger charge is -2.26. The first kappa shape index (κ1) is 7.88. The first-order valence-corrected chi connectivity index (χ1v) is 4.33. The number of carbonyl (C=O) groups excluding carboxylic acids is 1. The van der Waals surface area contributed by atoms with E-state index in [0.717, 1.165) is 0 Å². The van der Waals surface area contributed by atoms with Crippen molar-refractivity contribution in [1.82, 2.24) is 0 Å². The fourth-order valence-corrected chi connectivity index (χ4v) is 1.95. The maximum atomic E-state index is 10.8. The van der Waals surface area contributed by atoms with Gasteiger partial charge in [0.25, 0.3) is 0 Å². The third-order valence-corrected chi connectivity index (χ3v) is 2.42. The van der Waals surface area contributed by atoms with Gasteiger partial charge >= 0.3 is 0 Å². The Labute approximate surface area is 62.4 Å². The third kappa shape index (κ3) is 1.88. The summed E-state index contributed by atoms with van der Waals surface area (Å²) in [5.74, 6) is 0.0817. The van der Waals surface area contributed by atoms with Gasteiger partial charge in [-0.3, -0.25) is 8.98 Å². The van der Waals surface area contributed by atoms with Crippen LogP contribution in [0.3, 0.4) is 0 Å². The van der Waals surface area contributed by atoms with Gasteiger partial charge in [0.15, 0.2) is 16.9 Å². The molecule has 1 rings (SSSR count). The Bertz CT molecular complexity index is 167. The predicted octanol–water partition coefficient (Wildman–Crippen LogP) is 0.418. The minimum atomic E-state index is -1.39. The van der Waals surface area contributed by atoms with E-state index in [0.29, 0.717) is 6.42 Å². The number of ketones is 1. The lowest BCUT2D eigenvalue weighted by atomic mass is 10.0. The van der Waals surface area contributed by atoms with Crippen molar-refractivity contribution >= 4 is 16.9 Å². The number of carbonyl (C=O) groups is 1. The maximum absolute atomic E-state index is 10.8. The molecule has 10 heavy (non-hydrogen) atoms. The molecule has 3 nitrogen and oxygen atoms in total. The van der Waals surface area contributed by atoms with Crippen LogP contribution in [0.5, 0.6) is 0 Å². The zero-order valence-electron chi connectivity index (χ0n) is 6.05. The third-order valence-electron chi connectivity index (χ3n) is 1.22. The summed E-state index contributed by atoms with van der Waals surface area (Å²) in [4.78, 5) is 10.8. The summed E-state index contributed by atoms with van der Waals surface area (Å²) < 4.78 is 15.8. The van der Waals surface area contributed by atoms with Crippen LogP contribution in [0.15, 0.2) is 0 Å². The van der Waals surface area contributed by atoms with E-state index in [1.165, 1.54) is 0 Å². The summed E-state index contributed by atoms with van der Waals surface area (Å²) in [5.41, 5.74) is -0.528. The Morgan fingerprint density at radius 1 is 1.60 bits per heavy atom. The second-order valence-corrected chi connectivity index (χ2v) is 4.07. The first-order chi connectivity index (χ1) is 4.49. The molecule has 1 saturated heterocycles. The second-order valence-electron chi connectivity index (χ2n) is 3.01. The summed E-state index contributed by atoms with van der Waals surface area (Å²) in [7, 11) is 0. The van der Waals surface area contributed by atoms with Crippen LogP contribution in [0, 0.1) is 0 Å². The van der Waals surface area contributed by atoms with Crippen LogP contribution in [0.2, 0.25) is 0 Å². The molecule has 58 valence electrons. The van der Waals surface area contributed by atoms with Gasteiger partial charge in [0.2, 0.25) is 0 Å². The molecule has 0 amide bonds. The summed E-state index contributed by atoms with van der Waals surface area (Å²) in [5, 5.41) is 0. The van der Waals surface area contributed by atoms with Gasteiger partial charge in [0.1, 0.15) is 5.75 Å². The molecule has 0 spiro atoms. The largest absolute Gasteiger partial charge is 0.298 e. The van der Waals surface area contributed by atoms with Crippen LogP contribution in [0.25, 0.3) is 0 Å². The highest BCUT2D eigenvalue weighted by Crippen LogP contribution is 2.21. The van der Waals surface area contributed by atoms with E-state index in [1.54, 1.807) is 13.8 Å². The van der Waals surface area contributed by atoms with E-state index in [9.17, 15) is 9.00 Å². The molecular weight excluding hydrogens is 152 g/mol. The lowest BCUT2D eigenvalue weighted by molar-refractivity contribution is -0.120. The zero-order valence-corrected chi connectivity index (χ0v) is 6.86. The Morgan fingerprint density at radius 3 is 2.60 bits per heavy atom. The van der Waals surface area contributed by atoms with E-state index >= 15 is 0 Å². The van der Waals surface area contributed by atoms with Crippen LogP contribution in [-0.2, 0) is 20.1 Å². The van der Waals surface area contributed by atoms with Gasteiger partial charge in [-0.15, -0.1) is 0 Å². The van der Waals surface area contributed by atoms with Crippen molar-refractivity contribution < 1.29 is 13.2 Å². The summed E-state index contributed by atoms with van der Waals surface area (Å²) in [6, 6.07) is 0. The highest BCUT2D eigenvalue weighted by Gasteiger charge is 2.31. The summed E-state index contributed by atoms with van der Waals surface area (Å²) >= 11 is -1.39. The molecule has 0 N–H and O–H groups in total. The predicted molar refractivity (Wildman–Crippen MR) is 37.8 cm³/mol. The van der Waals surface area contributed by atoms with Crippen molar-refractivity contribution in [2.75, 3.05) is 5.75 Å². The van der Waals surface area contributed by atoms with E-state index in [-0.39, 0.29) is 11.5 Å². The SMILES string of the molecule is CC1(C)CC(=O)CS(=O)O1. The molecule has 1 heterocycles. The van der Waals surface area contributed by atoms with Crippen molar-refractivity contribution in [3.8, 4) is 0 Å². The average molecular weight is 162 g/mol. The Balaban J connectivity index is 2.68. The molecule has 1 unspecified atom stereocenters. The van der Waals surface area contributed by atoms with Crippen LogP contribution in [-0.4, -0.2) is 21.3 Å². The molecule has 1 aliphatic rings. The Hall–Kier alpha value is -0.220. The fourth-order valence-electron chi connectivity index (χ4n) is 0.968. The van der Waals surface area contributed by atoms with Crippen molar-refractivity contribution in [1.29, 1.82) is 0 Å². The minimum absolute atomic E-state index is 0.0228. The maximum Gasteiger partial charge on any atom is 0.163 e. The standard InChI is InChI=1S/C6H10O3S/c1-6(2)3-5(7)4-10(8)9-6/h3-4H2,1-2H3. The minimum Gasteiger partial charge on any atom is -0.298 e. The van der Waals surface area contributed by atoms with E-state index in [2.05, 4.69) is 0 Å². The summed E-state index contributed by atoms with van der Waals surface area (Å²) in [6.45, 7) is 3.53. The smallest absolute Gasteiger partial charge is 0.163 e. The molecule has 1 atom stereocenters. The van der Waals surface area contributed by atoms with Crippen molar-refractivity contribution in [2.24, 2.45) is 0 Å². The first-order valence-electron chi connectivity index (χ1n) is 3.09. The van der Waals surface area contributed by atoms with Crippen molar-refractivity contribution in [2.45, 2.75) is 25.9 Å². The number of rotatable bonds is 0. The monoisotopic (exact) mass is 162 g/mol. The number of hydrogen-bond acceptors (Lipinski definition) is 3. The Morgan fingerprint density at radius 2 is 2.20 bits per heavy atom. The van der Waals surface area contributed by atoms with Gasteiger partial charge in [-0.25, -0.2) is 4.21 Å². The van der Waals surface area contributed by atoms with E-state index in [1.807, 2.05) is 0 Å². The molecule has 0 bridgehead atoms. The molecule has 0 radical (unpaired) electrons. The highest BCUT2D eigenvalue weighted by atomic mass is 32.2. The molecule has 4 heteroatoms. The average Bonchev–Trinajstić information content (AvgIpc) is 1.54. The van der Waals surface area contributed by atoms with Crippen molar-refractivity contribution in [3.63, 3.8) is 0 Å². The zero-order chi connectivity index (χ0) is 7.78. The van der Waals surface area contributed by atoms with Gasteiger partial charge in [0, 0.05) is 6.42 Å². The van der Waals surface area contributed by atoms with Crippen LogP contribution >= 0.6 is 0 Å². The van der Waals surface area contributed by atoms with E-state index < -0.39 is 16.7 Å². The molecule has 1 fully saturated rings. The highest BCUT2D eigenvalue weighted by molar-refractivity contribution is 7.81. The number of hydrogen-bond donors (Lipinski definition) is 0. The molecule has 0 aliphatic carbocycles. The van der Waals surface area contributed by atoms with Gasteiger partial charge in [0.05, 0.1) is 5.60 Å². The van der Waals surface area contributed by atoms with Crippen LogP contribution in [0.1, 0.15) is 20.3 Å². The number of Topliss-reactive ketones (excluding diaryl/α,β-unsaturated/α-hetero) is 1. The fraction of sp³-hybridized carbons (Fsp3) is 0.833. The van der Waals surface area contributed by atoms with Gasteiger partial charge < -0.3 is 0 Å². The molecule has 0 aromatic heterocycles. The lowest BCUT2D eigenvalue weighted by Crippen LogP contribution is -2.37. The molecule has 0 aromatic carbocycles. The summed E-state index contributed by atoms with van der Waals surface area (Å²) in [6.07, 6.45) is 0.374.